The third-order valence-electron chi connectivity index (χ3n) is 15.5. The number of benzene rings is 2. The Balaban J connectivity index is 0.000000800. The van der Waals surface area contributed by atoms with Crippen LogP contribution < -0.4 is 0 Å². The van der Waals surface area contributed by atoms with E-state index in [0.717, 1.165) is 50.5 Å². The fourth-order valence-corrected chi connectivity index (χ4v) is 11.8. The first-order chi connectivity index (χ1) is 37.0. The van der Waals surface area contributed by atoms with Crippen molar-refractivity contribution in [1.82, 2.24) is 0 Å². The molecule has 0 saturated heterocycles. The van der Waals surface area contributed by atoms with Gasteiger partial charge < -0.3 is 5.53 Å². The van der Waals surface area contributed by atoms with Crippen LogP contribution in [0.25, 0.3) is 11.1 Å². The average molecular weight is 1080 g/mol. The van der Waals surface area contributed by atoms with Gasteiger partial charge in [-0.2, -0.15) is 0 Å². The molecule has 75 heavy (non-hydrogen) atoms. The monoisotopic (exact) mass is 1080 g/mol. The fraction of sp³-hybridized carbons (Fsp3) is 0.778. The van der Waals surface area contributed by atoms with Crippen LogP contribution in [0.15, 0.2) is 48.0 Å². The van der Waals surface area contributed by atoms with E-state index in [0.29, 0.717) is 0 Å². The zero-order chi connectivity index (χ0) is 54.3. The van der Waals surface area contributed by atoms with Gasteiger partial charge in [-0.3, -0.25) is 0 Å². The first-order valence-electron chi connectivity index (χ1n) is 33.4. The summed E-state index contributed by atoms with van der Waals surface area (Å²) >= 11 is 2.04. The second-order valence-corrected chi connectivity index (χ2v) is 24.5. The SMILES string of the molecule is CCCCCCCCCCCCCC[CH2][Ni][CH2]CCCCCCCCCCCCCC.CCCCCCc1cc(CCCCCC)cc(C(=CC(=C=[N+]=[N-])CCCC)c2cc(CCCCC)cc(CCCCC)c2)c1. The van der Waals surface area contributed by atoms with Crippen molar-refractivity contribution in [3.63, 3.8) is 0 Å². The minimum absolute atomic E-state index is 0.865. The van der Waals surface area contributed by atoms with E-state index in [2.05, 4.69) is 102 Å². The van der Waals surface area contributed by atoms with Crippen LogP contribution in [-0.4, -0.2) is 10.7 Å². The predicted molar refractivity (Wildman–Crippen MR) is 335 cm³/mol. The summed E-state index contributed by atoms with van der Waals surface area (Å²) in [7, 11) is 0. The van der Waals surface area contributed by atoms with Crippen molar-refractivity contribution in [3.8, 4) is 0 Å². The van der Waals surface area contributed by atoms with E-state index in [-0.39, 0.29) is 0 Å². The number of unbranched alkanes of at least 4 members (excludes halogenated alkanes) is 35. The summed E-state index contributed by atoms with van der Waals surface area (Å²) in [6, 6.07) is 14.8. The van der Waals surface area contributed by atoms with E-state index < -0.39 is 0 Å². The molecular weight excluding hydrogens is 951 g/mol. The molecule has 0 saturated carbocycles. The summed E-state index contributed by atoms with van der Waals surface area (Å²) in [5.41, 5.74) is 20.2. The van der Waals surface area contributed by atoms with Gasteiger partial charge in [0.2, 0.25) is 0 Å². The Morgan fingerprint density at radius 3 is 0.893 bits per heavy atom. The van der Waals surface area contributed by atoms with Gasteiger partial charge in [-0.25, -0.2) is 0 Å². The number of hydrogen-bond donors (Lipinski definition) is 0. The van der Waals surface area contributed by atoms with Crippen molar-refractivity contribution in [1.29, 1.82) is 0 Å². The number of allylic oxidation sites excluding steroid dienone is 2. The van der Waals surface area contributed by atoms with Crippen LogP contribution in [0, 0.1) is 0 Å². The van der Waals surface area contributed by atoms with Crippen LogP contribution in [0.2, 0.25) is 10.8 Å². The van der Waals surface area contributed by atoms with Crippen molar-refractivity contribution in [2.75, 3.05) is 0 Å². The van der Waals surface area contributed by atoms with Crippen molar-refractivity contribution in [2.45, 2.75) is 361 Å². The van der Waals surface area contributed by atoms with Crippen LogP contribution in [0.4, 0.5) is 0 Å². The summed E-state index contributed by atoms with van der Waals surface area (Å²) in [5.74, 6) is 2.95. The Hall–Kier alpha value is -2.17. The van der Waals surface area contributed by atoms with E-state index in [1.807, 2.05) is 14.4 Å². The van der Waals surface area contributed by atoms with Crippen LogP contribution in [0.5, 0.6) is 0 Å². The van der Waals surface area contributed by atoms with Gasteiger partial charge in [-0.05, 0) is 109 Å². The molecule has 0 aliphatic heterocycles. The molecule has 2 aromatic rings. The molecule has 2 aromatic carbocycles. The molecule has 0 aliphatic carbocycles. The fourth-order valence-electron chi connectivity index (χ4n) is 10.6. The topological polar surface area (TPSA) is 36.4 Å². The molecule has 0 spiro atoms. The number of nitrogens with zero attached hydrogens (tertiary/aromatic N) is 2. The Labute approximate surface area is 476 Å². The van der Waals surface area contributed by atoms with Gasteiger partial charge in [0.15, 0.2) is 0 Å². The summed E-state index contributed by atoms with van der Waals surface area (Å²) in [5, 5.41) is 2.87. The van der Waals surface area contributed by atoms with Crippen molar-refractivity contribution in [2.24, 2.45) is 0 Å². The van der Waals surface area contributed by atoms with Gasteiger partial charge in [-0.15, -0.1) is 4.79 Å². The minimum Gasteiger partial charge on any atom is -0.348 e. The Bertz CT molecular complexity index is 1590. The second-order valence-electron chi connectivity index (χ2n) is 23.0. The molecule has 0 bridgehead atoms. The standard InChI is InChI=1S/C42H64N2.2C15H31.Ni/c1-6-11-16-20-25-37-28-38(26-21-17-12-7-2)32-41(31-37)42(33-39(34-44-43)22-15-10-5)40-29-35(23-18-13-8-3)27-36(30-40)24-19-14-9-4;2*1-3-5-7-9-11-13-15-14-12-10-8-6-4-2;/h27-33H,6-26H2,1-5H3;2*1,3-15H2,2H3;. The summed E-state index contributed by atoms with van der Waals surface area (Å²) in [6.45, 7) is 16.0. The molecule has 0 fully saturated rings. The molecule has 0 amide bonds. The van der Waals surface area contributed by atoms with E-state index in [9.17, 15) is 5.53 Å². The quantitative estimate of drug-likeness (QED) is 0.0158. The number of rotatable bonds is 52. The van der Waals surface area contributed by atoms with Gasteiger partial charge in [0.05, 0.1) is 5.57 Å². The smallest absolute Gasteiger partial charge is 0.348 e. The predicted octanol–water partition coefficient (Wildman–Crippen LogP) is 24.9. The van der Waals surface area contributed by atoms with Gasteiger partial charge in [-0.1, -0.05) is 181 Å². The third kappa shape index (κ3) is 42.5. The second kappa shape index (κ2) is 55.2. The van der Waals surface area contributed by atoms with E-state index in [1.165, 1.54) is 307 Å². The summed E-state index contributed by atoms with van der Waals surface area (Å²) in [4.78, 5) is 3.38. The zero-order valence-corrected chi connectivity index (χ0v) is 52.4. The Kier molecular flexibility index (Phi) is 52.1. The Morgan fingerprint density at radius 2 is 0.600 bits per heavy atom. The van der Waals surface area contributed by atoms with Crippen LogP contribution in [0.1, 0.15) is 358 Å². The molecule has 0 aliphatic rings. The summed E-state index contributed by atoms with van der Waals surface area (Å²) < 4.78 is 0. The molecule has 2 rings (SSSR count). The Morgan fingerprint density at radius 1 is 0.347 bits per heavy atom. The molecule has 0 heterocycles. The van der Waals surface area contributed by atoms with E-state index in [4.69, 9.17) is 0 Å². The molecule has 0 radical (unpaired) electrons. The molecule has 0 unspecified atom stereocenters. The normalized spacial score (nSPS) is 11.5. The van der Waals surface area contributed by atoms with Crippen molar-refractivity contribution >= 4 is 11.4 Å². The van der Waals surface area contributed by atoms with Gasteiger partial charge in [0, 0.05) is 0 Å². The number of hydrogen-bond acceptors (Lipinski definition) is 0. The molecular formula is C72H126N2Ni. The maximum absolute atomic E-state index is 9.55. The third-order valence-corrected chi connectivity index (χ3v) is 16.9. The molecule has 3 heteroatoms. The van der Waals surface area contributed by atoms with Crippen molar-refractivity contribution < 1.29 is 19.2 Å². The van der Waals surface area contributed by atoms with Gasteiger partial charge in [0.1, 0.15) is 0 Å². The van der Waals surface area contributed by atoms with E-state index >= 15 is 0 Å². The average Bonchev–Trinajstić information content (AvgIpc) is 3.42. The maximum atomic E-state index is 9.55. The van der Waals surface area contributed by atoms with Gasteiger partial charge in [0.25, 0.3) is 0 Å². The van der Waals surface area contributed by atoms with Crippen molar-refractivity contribution in [3.05, 3.63) is 87.0 Å². The van der Waals surface area contributed by atoms with E-state index in [1.54, 1.807) is 0 Å². The van der Waals surface area contributed by atoms with Crippen LogP contribution >= 0.6 is 0 Å². The minimum atomic E-state index is 0.865. The van der Waals surface area contributed by atoms with Crippen LogP contribution in [-0.2, 0) is 40.1 Å². The van der Waals surface area contributed by atoms with Gasteiger partial charge >= 0.3 is 172 Å². The molecule has 0 N–H and O–H groups in total. The number of aryl methyl sites for hydroxylation is 4. The molecule has 0 atom stereocenters. The molecule has 2 nitrogen and oxygen atoms in total. The molecule has 434 valence electrons. The first-order valence-corrected chi connectivity index (χ1v) is 34.8. The van der Waals surface area contributed by atoms with Crippen LogP contribution in [0.3, 0.4) is 0 Å². The zero-order valence-electron chi connectivity index (χ0n) is 51.4. The first kappa shape index (κ1) is 70.8. The molecule has 0 aromatic heterocycles. The summed E-state index contributed by atoms with van der Waals surface area (Å²) in [6.07, 6.45) is 65.8.